The van der Waals surface area contributed by atoms with Crippen molar-refractivity contribution in [2.24, 2.45) is 0 Å². The van der Waals surface area contributed by atoms with E-state index < -0.39 is 0 Å². The molecule has 242 valence electrons. The van der Waals surface area contributed by atoms with Gasteiger partial charge in [0.05, 0.1) is 0 Å². The smallest absolute Gasteiger partial charge is 0.411 e. The second-order valence-corrected chi connectivity index (χ2v) is 13.1. The molecule has 41 heavy (non-hydrogen) atoms. The van der Waals surface area contributed by atoms with Crippen molar-refractivity contribution >= 4 is 117 Å². The molecule has 0 aliphatic rings. The molecule has 0 heterocycles. The van der Waals surface area contributed by atoms with E-state index in [0.29, 0.717) is 17.3 Å². The van der Waals surface area contributed by atoms with Gasteiger partial charge in [-0.1, -0.05) is 72.7 Å². The van der Waals surface area contributed by atoms with Crippen LogP contribution in [0, 0.1) is 0 Å². The quantitative estimate of drug-likeness (QED) is 0.0862. The molecule has 0 aromatic heterocycles. The summed E-state index contributed by atoms with van der Waals surface area (Å²) in [4.78, 5) is 8.30. The van der Waals surface area contributed by atoms with E-state index in [2.05, 4.69) is 75.0 Å². The van der Waals surface area contributed by atoms with Crippen LogP contribution in [0.2, 0.25) is 0 Å². The molecule has 0 N–H and O–H groups in total. The normalized spacial score (nSPS) is 9.17. The Hall–Kier alpha value is 1.13. The van der Waals surface area contributed by atoms with Gasteiger partial charge in [-0.3, -0.25) is 0 Å². The Kier molecular flexibility index (Phi) is 49.4. The van der Waals surface area contributed by atoms with Gasteiger partial charge in [0.2, 0.25) is 0 Å². The van der Waals surface area contributed by atoms with Gasteiger partial charge in [0.25, 0.3) is 0 Å². The van der Waals surface area contributed by atoms with Crippen LogP contribution in [0.5, 0.6) is 0 Å². The molecule has 0 fully saturated rings. The fourth-order valence-corrected chi connectivity index (χ4v) is 4.80. The van der Waals surface area contributed by atoms with Crippen LogP contribution in [0.4, 0.5) is 0 Å². The van der Waals surface area contributed by atoms with Gasteiger partial charge in [-0.2, -0.15) is 0 Å². The van der Waals surface area contributed by atoms with Crippen molar-refractivity contribution in [3.05, 3.63) is 0 Å². The minimum absolute atomic E-state index is 0. The van der Waals surface area contributed by atoms with Gasteiger partial charge in [-0.25, -0.2) is 0 Å². The molecule has 0 atom stereocenters. The van der Waals surface area contributed by atoms with E-state index in [4.69, 9.17) is 99.4 Å². The number of rotatable bonds is 16. The Bertz CT molecular complexity index is 502. The maximum Gasteiger partial charge on any atom is 4.00 e. The third-order valence-electron chi connectivity index (χ3n) is 4.98. The molecule has 0 aliphatic carbocycles. The summed E-state index contributed by atoms with van der Waals surface area (Å²) >= 11 is 39.1. The first-order valence-electron chi connectivity index (χ1n) is 14.7. The van der Waals surface area contributed by atoms with Gasteiger partial charge in [0.1, 0.15) is 0 Å². The van der Waals surface area contributed by atoms with Crippen molar-refractivity contribution in [1.29, 1.82) is 0 Å². The minimum Gasteiger partial charge on any atom is -0.411 e. The zero-order valence-electron chi connectivity index (χ0n) is 26.8. The summed E-state index contributed by atoms with van der Waals surface area (Å²) < 4.78 is 2.46. The van der Waals surface area contributed by atoms with E-state index in [9.17, 15) is 0 Å². The Morgan fingerprint density at radius 1 is 0.341 bits per heavy atom. The predicted octanol–water partition coefficient (Wildman–Crippen LogP) is 7.76. The first-order valence-corrected chi connectivity index (χ1v) is 18.0. The Labute approximate surface area is 313 Å². The molecular weight excluding hydrogens is 745 g/mol. The van der Waals surface area contributed by atoms with Gasteiger partial charge < -0.3 is 119 Å². The molecule has 4 nitrogen and oxygen atoms in total. The largest absolute Gasteiger partial charge is 4.00 e. The topological polar surface area (TPSA) is 13.0 Å². The van der Waals surface area contributed by atoms with Crippen molar-refractivity contribution in [3.63, 3.8) is 0 Å². The summed E-state index contributed by atoms with van der Waals surface area (Å²) in [6, 6.07) is 0. The first kappa shape index (κ1) is 51.7. The Morgan fingerprint density at radius 2 is 0.439 bits per heavy atom. The molecule has 0 saturated heterocycles. The van der Waals surface area contributed by atoms with E-state index in [0.717, 1.165) is 104 Å². The average molecular weight is 801 g/mol. The molecule has 0 rings (SSSR count). The third-order valence-corrected chi connectivity index (χ3v) is 7.05. The van der Waals surface area contributed by atoms with Crippen molar-refractivity contribution in [2.45, 2.75) is 107 Å². The standard InChI is InChI=1S/4C7H15NS2.Mo/c4*1-3-5-8(6-4-2)7(9)10;/h4*3-6H2,1-2H3,(H,9,10);/q;;;;+4/p-4. The molecule has 0 spiro atoms. The molecular formula is C28H56MoN4S8. The van der Waals surface area contributed by atoms with Gasteiger partial charge in [-0.05, 0) is 51.4 Å². The maximum absolute atomic E-state index is 4.89. The first-order chi connectivity index (χ1) is 18.9. The van der Waals surface area contributed by atoms with Crippen molar-refractivity contribution in [2.75, 3.05) is 52.4 Å². The minimum atomic E-state index is 0. The molecule has 0 saturated carbocycles. The van der Waals surface area contributed by atoms with E-state index >= 15 is 0 Å². The van der Waals surface area contributed by atoms with Crippen LogP contribution in [-0.2, 0) is 71.6 Å². The SMILES string of the molecule is CCCN(CCC)C(=S)[S-].CCCN(CCC)C(=S)[S-].CCCN(CCC)C(=S)[S-].CCCN(CCC)C(=S)[S-].[Mo+4]. The van der Waals surface area contributed by atoms with E-state index in [1.165, 1.54) is 0 Å². The van der Waals surface area contributed by atoms with Crippen LogP contribution in [0.1, 0.15) is 107 Å². The summed E-state index contributed by atoms with van der Waals surface area (Å²) in [6.07, 6.45) is 8.97. The molecule has 0 aliphatic heterocycles. The Morgan fingerprint density at radius 3 is 0.488 bits per heavy atom. The zero-order chi connectivity index (χ0) is 31.9. The summed E-state index contributed by atoms with van der Waals surface area (Å²) in [5, 5.41) is 0. The van der Waals surface area contributed by atoms with Gasteiger partial charge >= 0.3 is 21.1 Å². The van der Waals surface area contributed by atoms with Crippen molar-refractivity contribution in [1.82, 2.24) is 19.6 Å². The third kappa shape index (κ3) is 37.2. The molecule has 0 radical (unpaired) electrons. The number of thiocarbonyl (C=S) groups is 4. The monoisotopic (exact) mass is 802 g/mol. The fourth-order valence-electron chi connectivity index (χ4n) is 3.34. The maximum atomic E-state index is 4.89. The molecule has 13 heteroatoms. The fraction of sp³-hybridized carbons (Fsp3) is 0.857. The summed E-state index contributed by atoms with van der Waals surface area (Å²) in [7, 11) is 0. The number of nitrogens with zero attached hydrogens (tertiary/aromatic N) is 4. The molecule has 0 amide bonds. The van der Waals surface area contributed by atoms with E-state index in [1.807, 2.05) is 0 Å². The van der Waals surface area contributed by atoms with Gasteiger partial charge in [0, 0.05) is 52.4 Å². The van der Waals surface area contributed by atoms with Crippen molar-refractivity contribution in [3.8, 4) is 0 Å². The van der Waals surface area contributed by atoms with Crippen LogP contribution in [0.15, 0.2) is 0 Å². The van der Waals surface area contributed by atoms with E-state index in [1.54, 1.807) is 0 Å². The van der Waals surface area contributed by atoms with Crippen molar-refractivity contribution < 1.29 is 21.1 Å². The predicted molar refractivity (Wildman–Crippen MR) is 208 cm³/mol. The molecule has 0 bridgehead atoms. The molecule has 0 aromatic rings. The van der Waals surface area contributed by atoms with Gasteiger partial charge in [-0.15, -0.1) is 0 Å². The van der Waals surface area contributed by atoms with E-state index in [-0.39, 0.29) is 21.1 Å². The zero-order valence-corrected chi connectivity index (χ0v) is 35.3. The van der Waals surface area contributed by atoms with Crippen LogP contribution < -0.4 is 0 Å². The summed E-state index contributed by atoms with van der Waals surface area (Å²) in [6.45, 7) is 25.2. The second-order valence-electron chi connectivity index (χ2n) is 9.01. The molecule has 0 unspecified atom stereocenters. The van der Waals surface area contributed by atoms with Crippen LogP contribution in [0.3, 0.4) is 0 Å². The number of hydrogen-bond acceptors (Lipinski definition) is 8. The summed E-state index contributed by atoms with van der Waals surface area (Å²) in [5.41, 5.74) is 0. The number of hydrogen-bond donors (Lipinski definition) is 0. The molecule has 0 aromatic carbocycles. The van der Waals surface area contributed by atoms with Crippen LogP contribution in [0.25, 0.3) is 0 Å². The van der Waals surface area contributed by atoms with Crippen LogP contribution >= 0.6 is 48.9 Å². The summed E-state index contributed by atoms with van der Waals surface area (Å²) in [5.74, 6) is 0. The Balaban J connectivity index is -0.000000139. The average Bonchev–Trinajstić information content (AvgIpc) is 2.89. The van der Waals surface area contributed by atoms with Gasteiger partial charge in [0.15, 0.2) is 0 Å². The second kappa shape index (κ2) is 39.2. The van der Waals surface area contributed by atoms with Crippen LogP contribution in [-0.4, -0.2) is 89.2 Å².